The van der Waals surface area contributed by atoms with Crippen molar-refractivity contribution in [3.8, 4) is 0 Å². The fraction of sp³-hybridized carbons (Fsp3) is 0.556. The zero-order valence-electron chi connectivity index (χ0n) is 16.1. The summed E-state index contributed by atoms with van der Waals surface area (Å²) in [5, 5.41) is 12.4. The molecular weight excluding hydrogens is 445 g/mol. The van der Waals surface area contributed by atoms with E-state index in [9.17, 15) is 4.79 Å². The fourth-order valence-corrected chi connectivity index (χ4v) is 1.96. The molecule has 4 N–H and O–H groups in total. The Balaban J connectivity index is 0.00000625. The average Bonchev–Trinajstić information content (AvgIpc) is 2.55. The number of halogens is 1. The van der Waals surface area contributed by atoms with E-state index in [2.05, 4.69) is 26.3 Å². The Labute approximate surface area is 173 Å². The summed E-state index contributed by atoms with van der Waals surface area (Å²) < 4.78 is 5.17. The second kappa shape index (κ2) is 13.5. The number of amides is 1. The molecular formula is C18H32IN5O2. The molecule has 148 valence electrons. The van der Waals surface area contributed by atoms with Gasteiger partial charge in [-0.15, -0.1) is 24.0 Å². The van der Waals surface area contributed by atoms with Gasteiger partial charge in [-0.1, -0.05) is 18.2 Å². The van der Waals surface area contributed by atoms with Crippen LogP contribution in [0.4, 0.5) is 10.5 Å². The second-order valence-corrected chi connectivity index (χ2v) is 6.50. The van der Waals surface area contributed by atoms with Gasteiger partial charge in [-0.05, 0) is 39.3 Å². The van der Waals surface area contributed by atoms with Crippen molar-refractivity contribution in [2.24, 2.45) is 4.99 Å². The van der Waals surface area contributed by atoms with Gasteiger partial charge in [0.2, 0.25) is 0 Å². The predicted octanol–water partition coefficient (Wildman–Crippen LogP) is 2.80. The molecule has 0 atom stereocenters. The van der Waals surface area contributed by atoms with Crippen molar-refractivity contribution >= 4 is 41.7 Å². The van der Waals surface area contributed by atoms with Crippen LogP contribution in [0.1, 0.15) is 27.2 Å². The molecule has 0 spiro atoms. The number of ether oxygens (including phenoxy) is 1. The summed E-state index contributed by atoms with van der Waals surface area (Å²) >= 11 is 0. The van der Waals surface area contributed by atoms with Crippen LogP contribution in [0.25, 0.3) is 0 Å². The minimum atomic E-state index is -0.483. The second-order valence-electron chi connectivity index (χ2n) is 6.50. The smallest absolute Gasteiger partial charge is 0.407 e. The SMILES string of the molecule is CN=C(NCCCNc1ccccc1)NCCNC(=O)OC(C)(C)C.I. The van der Waals surface area contributed by atoms with Crippen molar-refractivity contribution in [3.05, 3.63) is 30.3 Å². The number of guanidine groups is 1. The van der Waals surface area contributed by atoms with Gasteiger partial charge < -0.3 is 26.0 Å². The summed E-state index contributed by atoms with van der Waals surface area (Å²) in [4.78, 5) is 15.7. The first-order valence-corrected chi connectivity index (χ1v) is 8.61. The van der Waals surface area contributed by atoms with E-state index in [1.54, 1.807) is 7.05 Å². The number of para-hydroxylation sites is 1. The molecule has 7 nitrogen and oxygen atoms in total. The molecule has 0 radical (unpaired) electrons. The van der Waals surface area contributed by atoms with E-state index >= 15 is 0 Å². The summed E-state index contributed by atoms with van der Waals surface area (Å²) in [6, 6.07) is 10.1. The van der Waals surface area contributed by atoms with Crippen LogP contribution in [0.2, 0.25) is 0 Å². The largest absolute Gasteiger partial charge is 0.444 e. The van der Waals surface area contributed by atoms with Crippen LogP contribution in [0.5, 0.6) is 0 Å². The molecule has 1 rings (SSSR count). The van der Waals surface area contributed by atoms with E-state index in [1.165, 1.54) is 0 Å². The lowest BCUT2D eigenvalue weighted by atomic mass is 10.2. The number of carbonyl (C=O) groups excluding carboxylic acids is 1. The molecule has 0 aliphatic heterocycles. The molecule has 1 aromatic rings. The molecule has 0 aromatic heterocycles. The Bertz CT molecular complexity index is 532. The van der Waals surface area contributed by atoms with Crippen molar-refractivity contribution < 1.29 is 9.53 Å². The highest BCUT2D eigenvalue weighted by Gasteiger charge is 2.15. The third-order valence-electron chi connectivity index (χ3n) is 3.06. The lowest BCUT2D eigenvalue weighted by Crippen LogP contribution is -2.42. The zero-order chi connectivity index (χ0) is 18.5. The topological polar surface area (TPSA) is 86.8 Å². The van der Waals surface area contributed by atoms with Gasteiger partial charge in [-0.3, -0.25) is 4.99 Å². The maximum atomic E-state index is 11.5. The minimum Gasteiger partial charge on any atom is -0.444 e. The number of carbonyl (C=O) groups is 1. The Kier molecular flexibility index (Phi) is 12.6. The lowest BCUT2D eigenvalue weighted by Gasteiger charge is -2.20. The van der Waals surface area contributed by atoms with Crippen LogP contribution < -0.4 is 21.3 Å². The summed E-state index contributed by atoms with van der Waals surface area (Å²) in [5.74, 6) is 0.714. The van der Waals surface area contributed by atoms with E-state index in [0.29, 0.717) is 19.0 Å². The molecule has 0 saturated heterocycles. The standard InChI is InChI=1S/C18H31N5O2.HI/c1-18(2,3)25-17(24)23-14-13-22-16(19-4)21-12-8-11-20-15-9-6-5-7-10-15;/h5-7,9-10,20H,8,11-14H2,1-4H3,(H,23,24)(H2,19,21,22);1H. The summed E-state index contributed by atoms with van der Waals surface area (Å²) in [6.45, 7) is 8.23. The van der Waals surface area contributed by atoms with E-state index in [-0.39, 0.29) is 24.0 Å². The molecule has 0 unspecified atom stereocenters. The lowest BCUT2D eigenvalue weighted by molar-refractivity contribution is 0.0529. The maximum Gasteiger partial charge on any atom is 0.407 e. The van der Waals surface area contributed by atoms with Crippen molar-refractivity contribution in [2.75, 3.05) is 38.5 Å². The van der Waals surface area contributed by atoms with Gasteiger partial charge in [-0.25, -0.2) is 4.79 Å². The van der Waals surface area contributed by atoms with Crippen molar-refractivity contribution in [2.45, 2.75) is 32.8 Å². The molecule has 1 amide bonds. The highest BCUT2D eigenvalue weighted by Crippen LogP contribution is 2.06. The van der Waals surface area contributed by atoms with Gasteiger partial charge >= 0.3 is 6.09 Å². The Morgan fingerprint density at radius 1 is 1.00 bits per heavy atom. The summed E-state index contributed by atoms with van der Waals surface area (Å²) in [7, 11) is 1.72. The molecule has 1 aromatic carbocycles. The number of rotatable bonds is 8. The summed E-state index contributed by atoms with van der Waals surface area (Å²) in [6.07, 6.45) is 0.551. The number of nitrogens with one attached hydrogen (secondary N) is 4. The third-order valence-corrected chi connectivity index (χ3v) is 3.06. The maximum absolute atomic E-state index is 11.5. The Morgan fingerprint density at radius 2 is 1.62 bits per heavy atom. The molecule has 0 aliphatic carbocycles. The first-order valence-electron chi connectivity index (χ1n) is 8.61. The number of anilines is 1. The van der Waals surface area contributed by atoms with E-state index in [0.717, 1.165) is 25.2 Å². The number of alkyl carbamates (subject to hydrolysis) is 1. The van der Waals surface area contributed by atoms with Gasteiger partial charge in [-0.2, -0.15) is 0 Å². The normalized spacial score (nSPS) is 11.2. The third kappa shape index (κ3) is 12.6. The highest BCUT2D eigenvalue weighted by atomic mass is 127. The fourth-order valence-electron chi connectivity index (χ4n) is 1.96. The molecule has 8 heteroatoms. The van der Waals surface area contributed by atoms with E-state index in [4.69, 9.17) is 4.74 Å². The highest BCUT2D eigenvalue weighted by molar-refractivity contribution is 14.0. The van der Waals surface area contributed by atoms with E-state index < -0.39 is 11.7 Å². The number of benzene rings is 1. The number of hydrogen-bond donors (Lipinski definition) is 4. The van der Waals surface area contributed by atoms with Crippen LogP contribution in [0.3, 0.4) is 0 Å². The van der Waals surface area contributed by atoms with Crippen LogP contribution in [0, 0.1) is 0 Å². The van der Waals surface area contributed by atoms with Gasteiger partial charge in [0.1, 0.15) is 5.60 Å². The first-order chi connectivity index (χ1) is 11.9. The molecule has 26 heavy (non-hydrogen) atoms. The Morgan fingerprint density at radius 3 is 2.23 bits per heavy atom. The first kappa shape index (κ1) is 24.3. The van der Waals surface area contributed by atoms with Crippen LogP contribution in [-0.2, 0) is 4.74 Å². The average molecular weight is 477 g/mol. The predicted molar refractivity (Wildman–Crippen MR) is 119 cm³/mol. The van der Waals surface area contributed by atoms with Gasteiger partial charge in [0, 0.05) is 38.9 Å². The van der Waals surface area contributed by atoms with Crippen LogP contribution in [0.15, 0.2) is 35.3 Å². The van der Waals surface area contributed by atoms with Crippen LogP contribution >= 0.6 is 24.0 Å². The summed E-state index contributed by atoms with van der Waals surface area (Å²) in [5.41, 5.74) is 0.640. The monoisotopic (exact) mass is 477 g/mol. The van der Waals surface area contributed by atoms with Crippen molar-refractivity contribution in [3.63, 3.8) is 0 Å². The van der Waals surface area contributed by atoms with Crippen molar-refractivity contribution in [1.29, 1.82) is 0 Å². The quantitative estimate of drug-likeness (QED) is 0.200. The molecule has 0 saturated carbocycles. The molecule has 0 bridgehead atoms. The Hall–Kier alpha value is -1.71. The molecule has 0 heterocycles. The molecule has 0 aliphatic rings. The van der Waals surface area contributed by atoms with Gasteiger partial charge in [0.25, 0.3) is 0 Å². The van der Waals surface area contributed by atoms with Gasteiger partial charge in [0.05, 0.1) is 0 Å². The van der Waals surface area contributed by atoms with E-state index in [1.807, 2.05) is 51.1 Å². The number of nitrogens with zero attached hydrogens (tertiary/aromatic N) is 1. The van der Waals surface area contributed by atoms with Gasteiger partial charge in [0.15, 0.2) is 5.96 Å². The van der Waals surface area contributed by atoms with Crippen molar-refractivity contribution in [1.82, 2.24) is 16.0 Å². The van der Waals surface area contributed by atoms with Crippen LogP contribution in [-0.4, -0.2) is 50.9 Å². The zero-order valence-corrected chi connectivity index (χ0v) is 18.4. The number of aliphatic imine (C=N–C) groups is 1. The molecule has 0 fully saturated rings. The number of hydrogen-bond acceptors (Lipinski definition) is 4. The minimum absolute atomic E-state index is 0.